The molecule has 0 saturated carbocycles. The number of amides is 1. The summed E-state index contributed by atoms with van der Waals surface area (Å²) >= 11 is 0. The summed E-state index contributed by atoms with van der Waals surface area (Å²) in [6.45, 7) is 6.00. The monoisotopic (exact) mass is 369 g/mol. The minimum atomic E-state index is -0.272. The molecule has 1 amide bonds. The summed E-state index contributed by atoms with van der Waals surface area (Å²) in [6.07, 6.45) is 2.39. The van der Waals surface area contributed by atoms with Crippen molar-refractivity contribution >= 4 is 11.6 Å². The van der Waals surface area contributed by atoms with Crippen LogP contribution >= 0.6 is 0 Å². The highest BCUT2D eigenvalue weighted by molar-refractivity contribution is 5.96. The van der Waals surface area contributed by atoms with Crippen LogP contribution in [-0.2, 0) is 17.6 Å². The van der Waals surface area contributed by atoms with Gasteiger partial charge in [0.1, 0.15) is 11.4 Å². The molecule has 2 aromatic carbocycles. The summed E-state index contributed by atoms with van der Waals surface area (Å²) in [5.41, 5.74) is 2.47. The number of hydrogen-bond donors (Lipinski definition) is 0. The van der Waals surface area contributed by atoms with E-state index in [-0.39, 0.29) is 30.0 Å². The number of hydrogen-bond acceptors (Lipinski definition) is 3. The molecule has 0 spiro atoms. The Kier molecular flexibility index (Phi) is 4.33. The van der Waals surface area contributed by atoms with Gasteiger partial charge in [0.2, 0.25) is 0 Å². The highest BCUT2D eigenvalue weighted by atomic mass is 19.1. The van der Waals surface area contributed by atoms with Gasteiger partial charge in [-0.2, -0.15) is 0 Å². The van der Waals surface area contributed by atoms with Crippen molar-refractivity contribution in [2.75, 3.05) is 11.5 Å². The molecule has 2 aliphatic rings. The van der Waals surface area contributed by atoms with Crippen LogP contribution in [0.4, 0.5) is 10.1 Å². The molecule has 0 fully saturated rings. The van der Waals surface area contributed by atoms with Crippen LogP contribution in [0.1, 0.15) is 38.3 Å². The van der Waals surface area contributed by atoms with Crippen LogP contribution in [0.15, 0.2) is 36.4 Å². The van der Waals surface area contributed by atoms with Gasteiger partial charge in [0, 0.05) is 23.7 Å². The smallest absolute Gasteiger partial charge is 0.265 e. The highest BCUT2D eigenvalue weighted by Gasteiger charge is 2.33. The van der Waals surface area contributed by atoms with Crippen molar-refractivity contribution in [2.24, 2.45) is 0 Å². The minimum absolute atomic E-state index is 0.0516. The van der Waals surface area contributed by atoms with E-state index >= 15 is 0 Å². The molecule has 2 heterocycles. The Hall–Kier alpha value is -2.56. The van der Waals surface area contributed by atoms with E-state index in [1.807, 2.05) is 39.0 Å². The zero-order valence-corrected chi connectivity index (χ0v) is 15.9. The maximum absolute atomic E-state index is 13.5. The molecule has 0 saturated heterocycles. The summed E-state index contributed by atoms with van der Waals surface area (Å²) in [7, 11) is 0. The first kappa shape index (κ1) is 17.8. The van der Waals surface area contributed by atoms with Crippen molar-refractivity contribution in [3.05, 3.63) is 53.3 Å². The fourth-order valence-corrected chi connectivity index (χ4v) is 4.01. The molecule has 0 aliphatic carbocycles. The predicted octanol–water partition coefficient (Wildman–Crippen LogP) is 4.29. The second-order valence-corrected chi connectivity index (χ2v) is 8.00. The van der Waals surface area contributed by atoms with Crippen LogP contribution in [0.3, 0.4) is 0 Å². The van der Waals surface area contributed by atoms with Crippen LogP contribution in [0.2, 0.25) is 0 Å². The lowest BCUT2D eigenvalue weighted by Gasteiger charge is -2.35. The molecule has 1 atom stereocenters. The number of rotatable bonds is 3. The molecule has 4 rings (SSSR count). The first-order valence-electron chi connectivity index (χ1n) is 9.38. The fraction of sp³-hybridized carbons (Fsp3) is 0.409. The van der Waals surface area contributed by atoms with Gasteiger partial charge in [-0.15, -0.1) is 0 Å². The van der Waals surface area contributed by atoms with Crippen molar-refractivity contribution in [2.45, 2.75) is 51.7 Å². The number of fused-ring (bicyclic) bond motifs is 2. The number of benzene rings is 2. The van der Waals surface area contributed by atoms with Crippen LogP contribution in [0.25, 0.3) is 0 Å². The van der Waals surface area contributed by atoms with Gasteiger partial charge in [-0.25, -0.2) is 4.39 Å². The SMILES string of the molecule is C[C@@H]1CCc2cc(F)ccc2N1C(=O)COc1cccc2c1OC(C)(C)C2. The number of carbonyl (C=O) groups is 1. The lowest BCUT2D eigenvalue weighted by molar-refractivity contribution is -0.121. The Bertz CT molecular complexity index is 893. The molecule has 5 heteroatoms. The zero-order chi connectivity index (χ0) is 19.2. The quantitative estimate of drug-likeness (QED) is 0.810. The van der Waals surface area contributed by atoms with E-state index in [9.17, 15) is 9.18 Å². The van der Waals surface area contributed by atoms with Crippen LogP contribution < -0.4 is 14.4 Å². The third-order valence-electron chi connectivity index (χ3n) is 5.25. The lowest BCUT2D eigenvalue weighted by atomic mass is 9.96. The fourth-order valence-electron chi connectivity index (χ4n) is 4.01. The molecule has 0 radical (unpaired) electrons. The topological polar surface area (TPSA) is 38.8 Å². The standard InChI is InChI=1S/C22H24FNO3/c1-14-7-8-15-11-17(23)9-10-18(15)24(14)20(25)13-26-19-6-4-5-16-12-22(2,3)27-21(16)19/h4-6,9-11,14H,7-8,12-13H2,1-3H3/t14-/m1/s1. The molecular weight excluding hydrogens is 345 g/mol. The average Bonchev–Trinajstić information content (AvgIpc) is 2.94. The Labute approximate surface area is 158 Å². The van der Waals surface area contributed by atoms with Crippen LogP contribution in [0.5, 0.6) is 11.5 Å². The maximum Gasteiger partial charge on any atom is 0.265 e. The molecule has 2 aliphatic heterocycles. The Morgan fingerprint density at radius 3 is 2.93 bits per heavy atom. The van der Waals surface area contributed by atoms with E-state index in [0.29, 0.717) is 5.75 Å². The normalized spacial score (nSPS) is 19.9. The van der Waals surface area contributed by atoms with Gasteiger partial charge in [-0.05, 0) is 63.4 Å². The maximum atomic E-state index is 13.5. The van der Waals surface area contributed by atoms with E-state index in [1.165, 1.54) is 12.1 Å². The third-order valence-corrected chi connectivity index (χ3v) is 5.25. The highest BCUT2D eigenvalue weighted by Crippen LogP contribution is 2.41. The van der Waals surface area contributed by atoms with E-state index in [2.05, 4.69) is 0 Å². The molecule has 0 unspecified atom stereocenters. The average molecular weight is 369 g/mol. The molecular formula is C22H24FNO3. The second kappa shape index (κ2) is 6.55. The number of aryl methyl sites for hydroxylation is 1. The van der Waals surface area contributed by atoms with Crippen molar-refractivity contribution in [1.82, 2.24) is 0 Å². The largest absolute Gasteiger partial charge is 0.483 e. The molecule has 142 valence electrons. The third kappa shape index (κ3) is 3.38. The lowest BCUT2D eigenvalue weighted by Crippen LogP contribution is -2.44. The van der Waals surface area contributed by atoms with Crippen molar-refractivity contribution in [1.29, 1.82) is 0 Å². The van der Waals surface area contributed by atoms with Gasteiger partial charge < -0.3 is 14.4 Å². The number of nitrogens with zero attached hydrogens (tertiary/aromatic N) is 1. The van der Waals surface area contributed by atoms with E-state index in [1.54, 1.807) is 11.0 Å². The summed E-state index contributed by atoms with van der Waals surface area (Å²) in [6, 6.07) is 10.4. The Balaban J connectivity index is 1.53. The van der Waals surface area contributed by atoms with Gasteiger partial charge in [-0.3, -0.25) is 4.79 Å². The van der Waals surface area contributed by atoms with Gasteiger partial charge in [0.15, 0.2) is 18.1 Å². The number of para-hydroxylation sites is 1. The van der Waals surface area contributed by atoms with Crippen molar-refractivity contribution < 1.29 is 18.7 Å². The van der Waals surface area contributed by atoms with Gasteiger partial charge >= 0.3 is 0 Å². The van der Waals surface area contributed by atoms with Gasteiger partial charge in [0.05, 0.1) is 0 Å². The number of anilines is 1. The van der Waals surface area contributed by atoms with Crippen LogP contribution in [0, 0.1) is 5.82 Å². The first-order valence-corrected chi connectivity index (χ1v) is 9.38. The Morgan fingerprint density at radius 2 is 2.11 bits per heavy atom. The summed E-state index contributed by atoms with van der Waals surface area (Å²) in [5, 5.41) is 0. The number of halogens is 1. The van der Waals surface area contributed by atoms with E-state index in [0.717, 1.165) is 41.8 Å². The molecule has 4 nitrogen and oxygen atoms in total. The zero-order valence-electron chi connectivity index (χ0n) is 15.9. The number of ether oxygens (including phenoxy) is 2. The second-order valence-electron chi connectivity index (χ2n) is 8.00. The van der Waals surface area contributed by atoms with Gasteiger partial charge in [0.25, 0.3) is 5.91 Å². The molecule has 2 aromatic rings. The van der Waals surface area contributed by atoms with Gasteiger partial charge in [-0.1, -0.05) is 12.1 Å². The van der Waals surface area contributed by atoms with Crippen molar-refractivity contribution in [3.63, 3.8) is 0 Å². The van der Waals surface area contributed by atoms with Crippen LogP contribution in [-0.4, -0.2) is 24.2 Å². The van der Waals surface area contributed by atoms with E-state index < -0.39 is 0 Å². The summed E-state index contributed by atoms with van der Waals surface area (Å²) in [4.78, 5) is 14.7. The molecule has 27 heavy (non-hydrogen) atoms. The molecule has 0 aromatic heterocycles. The molecule has 0 N–H and O–H groups in total. The van der Waals surface area contributed by atoms with E-state index in [4.69, 9.17) is 9.47 Å². The first-order chi connectivity index (χ1) is 12.8. The minimum Gasteiger partial charge on any atom is -0.483 e. The predicted molar refractivity (Wildman–Crippen MR) is 102 cm³/mol. The van der Waals surface area contributed by atoms with Crippen molar-refractivity contribution in [3.8, 4) is 11.5 Å². The summed E-state index contributed by atoms with van der Waals surface area (Å²) < 4.78 is 25.4. The Morgan fingerprint density at radius 1 is 1.30 bits per heavy atom. The summed E-state index contributed by atoms with van der Waals surface area (Å²) in [5.74, 6) is 0.913. The molecule has 0 bridgehead atoms. The number of carbonyl (C=O) groups excluding carboxylic acids is 1.